The number of hydrazone groups is 1. The van der Waals surface area contributed by atoms with E-state index < -0.39 is 0 Å². The molecule has 0 aliphatic rings. The zero-order valence-electron chi connectivity index (χ0n) is 15.3. The fourth-order valence-electron chi connectivity index (χ4n) is 2.99. The molecule has 4 nitrogen and oxygen atoms in total. The Morgan fingerprint density at radius 2 is 1.64 bits per heavy atom. The number of hydrogen-bond donors (Lipinski definition) is 2. The van der Waals surface area contributed by atoms with E-state index in [1.165, 1.54) is 4.88 Å². The predicted molar refractivity (Wildman–Crippen MR) is 116 cm³/mol. The number of amides is 1. The first kappa shape index (κ1) is 17.9. The molecular formula is C23H19N3OS. The van der Waals surface area contributed by atoms with Gasteiger partial charge in [-0.2, -0.15) is 5.10 Å². The van der Waals surface area contributed by atoms with Crippen LogP contribution in [0.4, 0.5) is 0 Å². The van der Waals surface area contributed by atoms with Crippen LogP contribution in [0.1, 0.15) is 20.2 Å². The van der Waals surface area contributed by atoms with Crippen molar-refractivity contribution in [1.82, 2.24) is 10.4 Å². The number of nitrogens with zero attached hydrogens (tertiary/aromatic N) is 1. The smallest absolute Gasteiger partial charge is 0.288 e. The highest BCUT2D eigenvalue weighted by atomic mass is 32.1. The number of H-pyrrole nitrogens is 1. The van der Waals surface area contributed by atoms with E-state index in [1.54, 1.807) is 17.6 Å². The maximum atomic E-state index is 12.8. The number of aromatic nitrogens is 1. The molecule has 0 unspecified atom stereocenters. The molecule has 2 heterocycles. The SMILES string of the molecule is Cc1ccc(/C=N\NC(=O)c2[nH]c(-c3ccccc3)cc2-c2ccccc2)s1. The van der Waals surface area contributed by atoms with Gasteiger partial charge in [-0.05, 0) is 36.2 Å². The van der Waals surface area contributed by atoms with Crippen molar-refractivity contribution in [2.24, 2.45) is 5.10 Å². The Bertz CT molecular complexity index is 1110. The molecule has 138 valence electrons. The van der Waals surface area contributed by atoms with Crippen molar-refractivity contribution in [2.75, 3.05) is 0 Å². The van der Waals surface area contributed by atoms with Crippen LogP contribution in [0.3, 0.4) is 0 Å². The molecule has 0 aliphatic carbocycles. The van der Waals surface area contributed by atoms with Crippen LogP contribution in [0.2, 0.25) is 0 Å². The van der Waals surface area contributed by atoms with Crippen LogP contribution in [0.5, 0.6) is 0 Å². The number of benzene rings is 2. The maximum Gasteiger partial charge on any atom is 0.288 e. The van der Waals surface area contributed by atoms with E-state index >= 15 is 0 Å². The predicted octanol–water partition coefficient (Wildman–Crippen LogP) is 5.48. The van der Waals surface area contributed by atoms with Crippen molar-refractivity contribution in [3.05, 3.63) is 94.3 Å². The van der Waals surface area contributed by atoms with Crippen molar-refractivity contribution < 1.29 is 4.79 Å². The van der Waals surface area contributed by atoms with Crippen molar-refractivity contribution in [3.8, 4) is 22.4 Å². The van der Waals surface area contributed by atoms with Crippen molar-refractivity contribution >= 4 is 23.5 Å². The Kier molecular flexibility index (Phi) is 5.17. The Morgan fingerprint density at radius 3 is 2.29 bits per heavy atom. The van der Waals surface area contributed by atoms with Crippen LogP contribution in [0.15, 0.2) is 84.0 Å². The molecule has 4 rings (SSSR count). The minimum absolute atomic E-state index is 0.273. The topological polar surface area (TPSA) is 57.2 Å². The summed E-state index contributed by atoms with van der Waals surface area (Å²) in [6, 6.07) is 25.8. The molecule has 1 amide bonds. The van der Waals surface area contributed by atoms with Gasteiger partial charge in [-0.25, -0.2) is 5.43 Å². The van der Waals surface area contributed by atoms with Crippen LogP contribution in [-0.4, -0.2) is 17.1 Å². The van der Waals surface area contributed by atoms with Crippen LogP contribution >= 0.6 is 11.3 Å². The summed E-state index contributed by atoms with van der Waals surface area (Å²) in [6.07, 6.45) is 1.67. The van der Waals surface area contributed by atoms with E-state index in [0.717, 1.165) is 27.3 Å². The van der Waals surface area contributed by atoms with Gasteiger partial charge in [0.15, 0.2) is 0 Å². The summed E-state index contributed by atoms with van der Waals surface area (Å²) in [5.41, 5.74) is 6.87. The van der Waals surface area contributed by atoms with E-state index in [2.05, 4.69) is 15.5 Å². The number of hydrogen-bond acceptors (Lipinski definition) is 3. The number of nitrogens with one attached hydrogen (secondary N) is 2. The summed E-state index contributed by atoms with van der Waals surface area (Å²) >= 11 is 1.63. The monoisotopic (exact) mass is 385 g/mol. The molecule has 0 saturated heterocycles. The second-order valence-electron chi connectivity index (χ2n) is 6.35. The molecule has 0 fully saturated rings. The second kappa shape index (κ2) is 8.06. The largest absolute Gasteiger partial charge is 0.350 e. The van der Waals surface area contributed by atoms with E-state index in [9.17, 15) is 4.79 Å². The quantitative estimate of drug-likeness (QED) is 0.347. The van der Waals surface area contributed by atoms with Crippen molar-refractivity contribution in [2.45, 2.75) is 6.92 Å². The minimum Gasteiger partial charge on any atom is -0.350 e. The molecule has 2 N–H and O–H groups in total. The molecule has 0 radical (unpaired) electrons. The summed E-state index contributed by atoms with van der Waals surface area (Å²) in [5, 5.41) is 4.11. The standard InChI is InChI=1S/C23H19N3OS/c1-16-12-13-19(28-16)15-24-26-23(27)22-20(17-8-4-2-5-9-17)14-21(25-22)18-10-6-3-7-11-18/h2-15,25H,1H3,(H,26,27)/b24-15-. The molecule has 0 saturated carbocycles. The zero-order chi connectivity index (χ0) is 19.3. The number of aryl methyl sites for hydroxylation is 1. The highest BCUT2D eigenvalue weighted by Gasteiger charge is 2.17. The number of aromatic amines is 1. The summed E-state index contributed by atoms with van der Waals surface area (Å²) in [7, 11) is 0. The third-order valence-electron chi connectivity index (χ3n) is 4.33. The molecule has 0 aliphatic heterocycles. The molecule has 2 aromatic carbocycles. The summed E-state index contributed by atoms with van der Waals surface area (Å²) in [6.45, 7) is 2.04. The van der Waals surface area contributed by atoms with E-state index in [-0.39, 0.29) is 5.91 Å². The molecule has 2 aromatic heterocycles. The van der Waals surface area contributed by atoms with Gasteiger partial charge >= 0.3 is 0 Å². The highest BCUT2D eigenvalue weighted by Crippen LogP contribution is 2.29. The van der Waals surface area contributed by atoms with Crippen LogP contribution in [-0.2, 0) is 0 Å². The number of carbonyl (C=O) groups is 1. The van der Waals surface area contributed by atoms with Gasteiger partial charge in [0.2, 0.25) is 0 Å². The molecule has 28 heavy (non-hydrogen) atoms. The van der Waals surface area contributed by atoms with Gasteiger partial charge in [-0.15, -0.1) is 11.3 Å². The van der Waals surface area contributed by atoms with Gasteiger partial charge in [0, 0.05) is 21.0 Å². The Labute approximate surface area is 167 Å². The number of thiophene rings is 1. The average Bonchev–Trinajstić information content (AvgIpc) is 3.36. The zero-order valence-corrected chi connectivity index (χ0v) is 16.2. The fourth-order valence-corrected chi connectivity index (χ4v) is 3.73. The lowest BCUT2D eigenvalue weighted by molar-refractivity contribution is 0.0951. The molecule has 4 aromatic rings. The van der Waals surface area contributed by atoms with Gasteiger partial charge in [0.25, 0.3) is 5.91 Å². The van der Waals surface area contributed by atoms with Crippen molar-refractivity contribution in [1.29, 1.82) is 0 Å². The van der Waals surface area contributed by atoms with Gasteiger partial charge in [-0.1, -0.05) is 60.7 Å². The highest BCUT2D eigenvalue weighted by molar-refractivity contribution is 7.13. The van der Waals surface area contributed by atoms with Crippen LogP contribution < -0.4 is 5.43 Å². The first-order chi connectivity index (χ1) is 13.7. The lowest BCUT2D eigenvalue weighted by Gasteiger charge is -2.03. The van der Waals surface area contributed by atoms with Gasteiger partial charge in [-0.3, -0.25) is 4.79 Å². The molecule has 0 bridgehead atoms. The average molecular weight is 385 g/mol. The number of carbonyl (C=O) groups excluding carboxylic acids is 1. The minimum atomic E-state index is -0.273. The Hall–Kier alpha value is -3.44. The second-order valence-corrected chi connectivity index (χ2v) is 7.67. The van der Waals surface area contributed by atoms with E-state index in [0.29, 0.717) is 5.69 Å². The van der Waals surface area contributed by atoms with Crippen molar-refractivity contribution in [3.63, 3.8) is 0 Å². The molecule has 5 heteroatoms. The molecule has 0 spiro atoms. The van der Waals surface area contributed by atoms with E-state index in [4.69, 9.17) is 0 Å². The third kappa shape index (κ3) is 3.94. The fraction of sp³-hybridized carbons (Fsp3) is 0.0435. The first-order valence-corrected chi connectivity index (χ1v) is 9.76. The number of rotatable bonds is 5. The maximum absolute atomic E-state index is 12.8. The summed E-state index contributed by atoms with van der Waals surface area (Å²) < 4.78 is 0. The van der Waals surface area contributed by atoms with Gasteiger partial charge in [0.05, 0.1) is 6.21 Å². The van der Waals surface area contributed by atoms with E-state index in [1.807, 2.05) is 85.8 Å². The van der Waals surface area contributed by atoms with Crippen LogP contribution in [0, 0.1) is 6.92 Å². The Balaban J connectivity index is 1.65. The summed E-state index contributed by atoms with van der Waals surface area (Å²) in [5.74, 6) is -0.273. The first-order valence-electron chi connectivity index (χ1n) is 8.94. The van der Waals surface area contributed by atoms with Gasteiger partial charge < -0.3 is 4.98 Å². The van der Waals surface area contributed by atoms with Gasteiger partial charge in [0.1, 0.15) is 5.69 Å². The lowest BCUT2D eigenvalue weighted by Crippen LogP contribution is -2.18. The normalized spacial score (nSPS) is 11.0. The molecular weight excluding hydrogens is 366 g/mol. The summed E-state index contributed by atoms with van der Waals surface area (Å²) in [4.78, 5) is 18.3. The molecule has 0 atom stereocenters. The third-order valence-corrected chi connectivity index (χ3v) is 5.27. The van der Waals surface area contributed by atoms with Crippen LogP contribution in [0.25, 0.3) is 22.4 Å². The lowest BCUT2D eigenvalue weighted by atomic mass is 10.0. The Morgan fingerprint density at radius 1 is 0.964 bits per heavy atom.